The minimum Gasteiger partial charge on any atom is -0.488 e. The summed E-state index contributed by atoms with van der Waals surface area (Å²) in [7, 11) is 0. The minimum absolute atomic E-state index is 0.210. The molecule has 4 heteroatoms. The molecule has 2 nitrogen and oxygen atoms in total. The van der Waals surface area contributed by atoms with E-state index in [9.17, 15) is 8.78 Å². The molecule has 0 spiro atoms. The summed E-state index contributed by atoms with van der Waals surface area (Å²) in [5.41, 5.74) is 0.210. The van der Waals surface area contributed by atoms with Crippen LogP contribution in [0.2, 0.25) is 0 Å². The molecule has 0 unspecified atom stereocenters. The fraction of sp³-hybridized carbons (Fsp3) is 0.600. The zero-order valence-electron chi connectivity index (χ0n) is 11.4. The van der Waals surface area contributed by atoms with Crippen molar-refractivity contribution in [3.05, 3.63) is 29.3 Å². The van der Waals surface area contributed by atoms with E-state index < -0.39 is 11.6 Å². The maximum atomic E-state index is 13.5. The smallest absolute Gasteiger partial charge is 0.190 e. The molecule has 108 valence electrons. The summed E-state index contributed by atoms with van der Waals surface area (Å²) in [6.07, 6.45) is 6.56. The van der Waals surface area contributed by atoms with Gasteiger partial charge in [-0.2, -0.15) is 0 Å². The van der Waals surface area contributed by atoms with Crippen LogP contribution < -0.4 is 4.74 Å². The normalized spacial score (nSPS) is 10.7. The number of hydrogen-bond donors (Lipinski definition) is 1. The van der Waals surface area contributed by atoms with Crippen molar-refractivity contribution in [2.24, 2.45) is 0 Å². The summed E-state index contributed by atoms with van der Waals surface area (Å²) in [5.74, 6) is -1.85. The molecule has 0 heterocycles. The van der Waals surface area contributed by atoms with E-state index in [1.807, 2.05) is 0 Å². The van der Waals surface area contributed by atoms with Gasteiger partial charge in [-0.1, -0.05) is 39.0 Å². The predicted octanol–water partition coefficient (Wildman–Crippen LogP) is 4.20. The van der Waals surface area contributed by atoms with Crippen molar-refractivity contribution in [2.45, 2.75) is 52.1 Å². The molecular weight excluding hydrogens is 250 g/mol. The lowest BCUT2D eigenvalue weighted by atomic mass is 10.1. The molecular formula is C15H22F2O2. The van der Waals surface area contributed by atoms with Crippen molar-refractivity contribution >= 4 is 0 Å². The van der Waals surface area contributed by atoms with Gasteiger partial charge in [0, 0.05) is 0 Å². The third-order valence-electron chi connectivity index (χ3n) is 2.98. The van der Waals surface area contributed by atoms with Gasteiger partial charge in [0.05, 0.1) is 13.2 Å². The van der Waals surface area contributed by atoms with Gasteiger partial charge in [0.2, 0.25) is 0 Å². The molecule has 0 fully saturated rings. The van der Waals surface area contributed by atoms with Crippen molar-refractivity contribution in [3.63, 3.8) is 0 Å². The Balaban J connectivity index is 2.33. The molecule has 1 rings (SSSR count). The van der Waals surface area contributed by atoms with E-state index in [0.717, 1.165) is 31.4 Å². The van der Waals surface area contributed by atoms with Crippen LogP contribution in [0.4, 0.5) is 8.78 Å². The Hall–Kier alpha value is -1.16. The highest BCUT2D eigenvalue weighted by atomic mass is 19.1. The highest BCUT2D eigenvalue weighted by Crippen LogP contribution is 2.23. The SMILES string of the molecule is CCCCCCCCOc1c(F)cc(CO)cc1F. The molecule has 0 aliphatic heterocycles. The molecule has 0 atom stereocenters. The Bertz CT molecular complexity index is 357. The number of aliphatic hydroxyl groups is 1. The van der Waals surface area contributed by atoms with Crippen LogP contribution in [0.1, 0.15) is 51.0 Å². The number of ether oxygens (including phenoxy) is 1. The quantitative estimate of drug-likeness (QED) is 0.683. The third kappa shape index (κ3) is 5.55. The van der Waals surface area contributed by atoms with E-state index in [-0.39, 0.29) is 17.9 Å². The van der Waals surface area contributed by atoms with Crippen molar-refractivity contribution < 1.29 is 18.6 Å². The molecule has 1 aromatic rings. The second-order valence-corrected chi connectivity index (χ2v) is 4.66. The third-order valence-corrected chi connectivity index (χ3v) is 2.98. The number of unbranched alkanes of at least 4 members (excludes halogenated alkanes) is 5. The van der Waals surface area contributed by atoms with Gasteiger partial charge in [0.1, 0.15) is 0 Å². The molecule has 0 saturated carbocycles. The number of hydrogen-bond acceptors (Lipinski definition) is 2. The second kappa shape index (κ2) is 8.86. The van der Waals surface area contributed by atoms with Crippen LogP contribution in [-0.4, -0.2) is 11.7 Å². The van der Waals surface area contributed by atoms with Crippen LogP contribution in [0.25, 0.3) is 0 Å². The first kappa shape index (κ1) is 15.9. The summed E-state index contributed by atoms with van der Waals surface area (Å²) in [4.78, 5) is 0. The zero-order chi connectivity index (χ0) is 14.1. The number of benzene rings is 1. The van der Waals surface area contributed by atoms with Gasteiger partial charge in [0.25, 0.3) is 0 Å². The number of rotatable bonds is 9. The largest absolute Gasteiger partial charge is 0.488 e. The molecule has 19 heavy (non-hydrogen) atoms. The first-order chi connectivity index (χ1) is 9.19. The van der Waals surface area contributed by atoms with Crippen LogP contribution in [0, 0.1) is 11.6 Å². The molecule has 0 radical (unpaired) electrons. The van der Waals surface area contributed by atoms with Crippen LogP contribution in [0.5, 0.6) is 5.75 Å². The van der Waals surface area contributed by atoms with E-state index >= 15 is 0 Å². The number of aliphatic hydroxyl groups excluding tert-OH is 1. The average molecular weight is 272 g/mol. The van der Waals surface area contributed by atoms with Gasteiger partial charge in [0.15, 0.2) is 17.4 Å². The lowest BCUT2D eigenvalue weighted by Gasteiger charge is -2.09. The number of halogens is 2. The fourth-order valence-corrected chi connectivity index (χ4v) is 1.90. The molecule has 0 bridgehead atoms. The maximum absolute atomic E-state index is 13.5. The van der Waals surface area contributed by atoms with Crippen molar-refractivity contribution in [1.82, 2.24) is 0 Å². The van der Waals surface area contributed by atoms with Crippen LogP contribution in [-0.2, 0) is 6.61 Å². The molecule has 0 amide bonds. The Labute approximate surface area is 113 Å². The summed E-state index contributed by atoms with van der Waals surface area (Å²) in [6.45, 7) is 2.09. The second-order valence-electron chi connectivity index (χ2n) is 4.66. The molecule has 0 saturated heterocycles. The zero-order valence-corrected chi connectivity index (χ0v) is 11.4. The van der Waals surface area contributed by atoms with Crippen LogP contribution in [0.3, 0.4) is 0 Å². The van der Waals surface area contributed by atoms with Crippen molar-refractivity contribution in [1.29, 1.82) is 0 Å². The van der Waals surface area contributed by atoms with E-state index in [1.165, 1.54) is 19.3 Å². The predicted molar refractivity (Wildman–Crippen MR) is 71.2 cm³/mol. The van der Waals surface area contributed by atoms with E-state index in [1.54, 1.807) is 0 Å². The standard InChI is InChI=1S/C15H22F2O2/c1-2-3-4-5-6-7-8-19-15-13(16)9-12(11-18)10-14(15)17/h9-10,18H,2-8,11H2,1H3. The highest BCUT2D eigenvalue weighted by Gasteiger charge is 2.12. The molecule has 1 aromatic carbocycles. The van der Waals surface area contributed by atoms with Gasteiger partial charge in [-0.05, 0) is 24.1 Å². The first-order valence-corrected chi connectivity index (χ1v) is 6.90. The summed E-state index contributed by atoms with van der Waals surface area (Å²) >= 11 is 0. The molecule has 0 aromatic heterocycles. The van der Waals surface area contributed by atoms with E-state index in [0.29, 0.717) is 6.61 Å². The lowest BCUT2D eigenvalue weighted by molar-refractivity contribution is 0.267. The average Bonchev–Trinajstić information content (AvgIpc) is 2.40. The van der Waals surface area contributed by atoms with E-state index in [2.05, 4.69) is 6.92 Å². The first-order valence-electron chi connectivity index (χ1n) is 6.90. The monoisotopic (exact) mass is 272 g/mol. The Morgan fingerprint density at radius 3 is 2.16 bits per heavy atom. The fourth-order valence-electron chi connectivity index (χ4n) is 1.90. The van der Waals surface area contributed by atoms with E-state index in [4.69, 9.17) is 9.84 Å². The summed E-state index contributed by atoms with van der Waals surface area (Å²) < 4.78 is 32.1. The molecule has 0 aliphatic carbocycles. The lowest BCUT2D eigenvalue weighted by Crippen LogP contribution is -2.02. The minimum atomic E-state index is -0.755. The van der Waals surface area contributed by atoms with Gasteiger partial charge in [-0.25, -0.2) is 8.78 Å². The van der Waals surface area contributed by atoms with Gasteiger partial charge >= 0.3 is 0 Å². The Morgan fingerprint density at radius 1 is 1.00 bits per heavy atom. The molecule has 1 N–H and O–H groups in total. The topological polar surface area (TPSA) is 29.5 Å². The van der Waals surface area contributed by atoms with Gasteiger partial charge in [-0.15, -0.1) is 0 Å². The molecule has 0 aliphatic rings. The van der Waals surface area contributed by atoms with Crippen LogP contribution >= 0.6 is 0 Å². The van der Waals surface area contributed by atoms with Crippen LogP contribution in [0.15, 0.2) is 12.1 Å². The van der Waals surface area contributed by atoms with Crippen molar-refractivity contribution in [2.75, 3.05) is 6.61 Å². The van der Waals surface area contributed by atoms with Gasteiger partial charge in [-0.3, -0.25) is 0 Å². The Morgan fingerprint density at radius 2 is 1.58 bits per heavy atom. The highest BCUT2D eigenvalue weighted by molar-refractivity contribution is 5.31. The summed E-state index contributed by atoms with van der Waals surface area (Å²) in [6, 6.07) is 2.19. The summed E-state index contributed by atoms with van der Waals surface area (Å²) in [5, 5.41) is 8.82. The maximum Gasteiger partial charge on any atom is 0.190 e. The Kier molecular flexibility index (Phi) is 7.41. The van der Waals surface area contributed by atoms with Crippen molar-refractivity contribution in [3.8, 4) is 5.75 Å². The van der Waals surface area contributed by atoms with Gasteiger partial charge < -0.3 is 9.84 Å².